The lowest BCUT2D eigenvalue weighted by Gasteiger charge is -2.01. The number of halogens is 1. The van der Waals surface area contributed by atoms with E-state index in [0.717, 1.165) is 17.0 Å². The summed E-state index contributed by atoms with van der Waals surface area (Å²) in [6.07, 6.45) is 5.82. The van der Waals surface area contributed by atoms with Crippen LogP contribution in [0.2, 0.25) is 5.15 Å². The first kappa shape index (κ1) is 6.68. The van der Waals surface area contributed by atoms with Crippen LogP contribution in [0, 0.1) is 0 Å². The molecule has 0 saturated carbocycles. The minimum Gasteiger partial charge on any atom is -0.387 e. The molecular weight excluding hydrogens is 160 g/mol. The maximum absolute atomic E-state index is 5.70. The quantitative estimate of drug-likeness (QED) is 0.543. The predicted molar refractivity (Wildman–Crippen MR) is 45.4 cm³/mol. The molecule has 56 valence electrons. The Labute approximate surface area is 69.2 Å². The molecular formula is C8H7ClN2. The number of nitrogens with one attached hydrogen (secondary N) is 1. The molecule has 0 radical (unpaired) electrons. The molecule has 0 aliphatic carbocycles. The number of pyridine rings is 1. The number of aromatic nitrogens is 1. The zero-order valence-electron chi connectivity index (χ0n) is 5.84. The SMILES string of the molecule is Clc1cc2c(cn1)=CCNC=2. The van der Waals surface area contributed by atoms with Gasteiger partial charge >= 0.3 is 0 Å². The number of hydrogen-bond donors (Lipinski definition) is 1. The maximum atomic E-state index is 5.70. The Bertz CT molecular complexity index is 384. The summed E-state index contributed by atoms with van der Waals surface area (Å²) in [4.78, 5) is 3.98. The van der Waals surface area contributed by atoms with Crippen molar-refractivity contribution < 1.29 is 0 Å². The molecule has 0 saturated heterocycles. The van der Waals surface area contributed by atoms with Gasteiger partial charge in [0.2, 0.25) is 0 Å². The Hall–Kier alpha value is -1.02. The zero-order valence-corrected chi connectivity index (χ0v) is 6.60. The fourth-order valence-electron chi connectivity index (χ4n) is 1.09. The van der Waals surface area contributed by atoms with E-state index in [-0.39, 0.29) is 0 Å². The Kier molecular flexibility index (Phi) is 1.55. The topological polar surface area (TPSA) is 24.9 Å². The Morgan fingerprint density at radius 2 is 2.36 bits per heavy atom. The summed E-state index contributed by atoms with van der Waals surface area (Å²) in [5.74, 6) is 0. The van der Waals surface area contributed by atoms with E-state index in [1.165, 1.54) is 0 Å². The molecule has 11 heavy (non-hydrogen) atoms. The second-order valence-electron chi connectivity index (χ2n) is 2.39. The highest BCUT2D eigenvalue weighted by Gasteiger charge is 1.92. The normalized spacial score (nSPS) is 13.9. The van der Waals surface area contributed by atoms with E-state index in [1.54, 1.807) is 6.20 Å². The van der Waals surface area contributed by atoms with Crippen LogP contribution in [0.3, 0.4) is 0 Å². The van der Waals surface area contributed by atoms with E-state index < -0.39 is 0 Å². The second-order valence-corrected chi connectivity index (χ2v) is 2.78. The summed E-state index contributed by atoms with van der Waals surface area (Å²) in [5, 5.41) is 5.89. The first-order valence-corrected chi connectivity index (χ1v) is 3.79. The van der Waals surface area contributed by atoms with Gasteiger partial charge in [0, 0.05) is 24.2 Å². The zero-order chi connectivity index (χ0) is 7.68. The molecule has 0 amide bonds. The van der Waals surface area contributed by atoms with Crippen molar-refractivity contribution in [2.45, 2.75) is 0 Å². The van der Waals surface area contributed by atoms with Crippen molar-refractivity contribution >= 4 is 23.9 Å². The fraction of sp³-hybridized carbons (Fsp3) is 0.125. The van der Waals surface area contributed by atoms with Crippen LogP contribution in [0.4, 0.5) is 0 Å². The summed E-state index contributed by atoms with van der Waals surface area (Å²) in [7, 11) is 0. The van der Waals surface area contributed by atoms with Gasteiger partial charge in [-0.25, -0.2) is 4.98 Å². The predicted octanol–water partition coefficient (Wildman–Crippen LogP) is -0.143. The highest BCUT2D eigenvalue weighted by atomic mass is 35.5. The molecule has 0 spiro atoms. The van der Waals surface area contributed by atoms with Crippen molar-refractivity contribution in [2.24, 2.45) is 0 Å². The lowest BCUT2D eigenvalue weighted by molar-refractivity contribution is 1.05. The van der Waals surface area contributed by atoms with Crippen molar-refractivity contribution in [3.63, 3.8) is 0 Å². The summed E-state index contributed by atoms with van der Waals surface area (Å²) >= 11 is 5.70. The van der Waals surface area contributed by atoms with E-state index >= 15 is 0 Å². The lowest BCUT2D eigenvalue weighted by Crippen LogP contribution is -2.33. The van der Waals surface area contributed by atoms with Crippen LogP contribution in [0.1, 0.15) is 0 Å². The van der Waals surface area contributed by atoms with E-state index in [4.69, 9.17) is 11.6 Å². The number of nitrogens with zero attached hydrogens (tertiary/aromatic N) is 1. The van der Waals surface area contributed by atoms with Gasteiger partial charge in [-0.3, -0.25) is 0 Å². The highest BCUT2D eigenvalue weighted by molar-refractivity contribution is 6.29. The van der Waals surface area contributed by atoms with E-state index in [0.29, 0.717) is 5.15 Å². The third-order valence-corrected chi connectivity index (χ3v) is 1.84. The average Bonchev–Trinajstić information content (AvgIpc) is 2.04. The molecule has 1 aromatic heterocycles. The van der Waals surface area contributed by atoms with Gasteiger partial charge in [-0.05, 0) is 11.3 Å². The van der Waals surface area contributed by atoms with Crippen LogP contribution < -0.4 is 15.8 Å². The number of rotatable bonds is 0. The smallest absolute Gasteiger partial charge is 0.129 e. The minimum atomic E-state index is 0.539. The standard InChI is InChI=1S/C8H7ClN2/c9-8-3-7-4-10-2-1-6(7)5-11-8/h1,3-5,10H,2H2. The van der Waals surface area contributed by atoms with Crippen LogP contribution in [0.5, 0.6) is 0 Å². The average molecular weight is 167 g/mol. The molecule has 1 aromatic rings. The Balaban J connectivity index is 2.80. The molecule has 1 N–H and O–H groups in total. The van der Waals surface area contributed by atoms with Crippen LogP contribution in [0.25, 0.3) is 12.3 Å². The van der Waals surface area contributed by atoms with Crippen LogP contribution >= 0.6 is 11.6 Å². The first-order valence-electron chi connectivity index (χ1n) is 3.41. The van der Waals surface area contributed by atoms with Crippen LogP contribution in [-0.4, -0.2) is 11.5 Å². The van der Waals surface area contributed by atoms with Crippen LogP contribution in [-0.2, 0) is 0 Å². The van der Waals surface area contributed by atoms with Gasteiger partial charge < -0.3 is 5.32 Å². The van der Waals surface area contributed by atoms with Gasteiger partial charge in [0.05, 0.1) is 0 Å². The molecule has 2 nitrogen and oxygen atoms in total. The molecule has 0 fully saturated rings. The molecule has 1 aliphatic rings. The highest BCUT2D eigenvalue weighted by Crippen LogP contribution is 1.94. The fourth-order valence-corrected chi connectivity index (χ4v) is 1.25. The van der Waals surface area contributed by atoms with Crippen LogP contribution in [0.15, 0.2) is 12.3 Å². The van der Waals surface area contributed by atoms with Crippen molar-refractivity contribution in [1.82, 2.24) is 10.3 Å². The van der Waals surface area contributed by atoms with Gasteiger partial charge in [0.25, 0.3) is 0 Å². The molecule has 0 aromatic carbocycles. The lowest BCUT2D eigenvalue weighted by atomic mass is 10.2. The Morgan fingerprint density at radius 3 is 3.27 bits per heavy atom. The molecule has 1 aliphatic heterocycles. The minimum absolute atomic E-state index is 0.539. The summed E-state index contributed by atoms with van der Waals surface area (Å²) in [5.41, 5.74) is 0. The van der Waals surface area contributed by atoms with Gasteiger partial charge in [-0.15, -0.1) is 0 Å². The van der Waals surface area contributed by atoms with Gasteiger partial charge in [-0.2, -0.15) is 0 Å². The maximum Gasteiger partial charge on any atom is 0.129 e. The first-order chi connectivity index (χ1) is 5.36. The van der Waals surface area contributed by atoms with E-state index in [1.807, 2.05) is 12.3 Å². The number of fused-ring (bicyclic) bond motifs is 1. The van der Waals surface area contributed by atoms with Crippen molar-refractivity contribution in [1.29, 1.82) is 0 Å². The third kappa shape index (κ3) is 1.21. The van der Waals surface area contributed by atoms with Crippen molar-refractivity contribution in [2.75, 3.05) is 6.54 Å². The van der Waals surface area contributed by atoms with E-state index in [2.05, 4.69) is 16.4 Å². The Morgan fingerprint density at radius 1 is 1.45 bits per heavy atom. The third-order valence-electron chi connectivity index (χ3n) is 1.63. The summed E-state index contributed by atoms with van der Waals surface area (Å²) in [6.45, 7) is 0.871. The van der Waals surface area contributed by atoms with Crippen molar-refractivity contribution in [3.8, 4) is 0 Å². The molecule has 0 bridgehead atoms. The molecule has 3 heteroatoms. The monoisotopic (exact) mass is 166 g/mol. The molecule has 2 heterocycles. The van der Waals surface area contributed by atoms with Crippen molar-refractivity contribution in [3.05, 3.63) is 27.9 Å². The summed E-state index contributed by atoms with van der Waals surface area (Å²) < 4.78 is 0. The summed E-state index contributed by atoms with van der Waals surface area (Å²) in [6, 6.07) is 1.85. The molecule has 2 rings (SSSR count). The van der Waals surface area contributed by atoms with Gasteiger partial charge in [0.1, 0.15) is 5.15 Å². The second kappa shape index (κ2) is 2.55. The van der Waals surface area contributed by atoms with Gasteiger partial charge in [0.15, 0.2) is 0 Å². The van der Waals surface area contributed by atoms with E-state index in [9.17, 15) is 0 Å². The molecule has 0 unspecified atom stereocenters. The largest absolute Gasteiger partial charge is 0.387 e. The molecule has 0 atom stereocenters. The van der Waals surface area contributed by atoms with Gasteiger partial charge in [-0.1, -0.05) is 17.7 Å². The number of hydrogen-bond acceptors (Lipinski definition) is 2.